The van der Waals surface area contributed by atoms with E-state index in [9.17, 15) is 13.6 Å². The van der Waals surface area contributed by atoms with Gasteiger partial charge in [0.05, 0.1) is 6.54 Å². The predicted molar refractivity (Wildman–Crippen MR) is 191 cm³/mol. The topological polar surface area (TPSA) is 52.6 Å². The highest BCUT2D eigenvalue weighted by Crippen LogP contribution is 2.36. The van der Waals surface area contributed by atoms with Gasteiger partial charge in [0, 0.05) is 45.7 Å². The van der Waals surface area contributed by atoms with Crippen molar-refractivity contribution in [3.8, 4) is 0 Å². The summed E-state index contributed by atoms with van der Waals surface area (Å²) >= 11 is 0. The minimum Gasteiger partial charge on any atom is -0.350 e. The molecule has 47 heavy (non-hydrogen) atoms. The van der Waals surface area contributed by atoms with Crippen LogP contribution in [0, 0.1) is 6.92 Å². The molecule has 4 heterocycles. The lowest BCUT2D eigenvalue weighted by Crippen LogP contribution is -2.37. The van der Waals surface area contributed by atoms with Crippen LogP contribution in [0.2, 0.25) is 0 Å². The van der Waals surface area contributed by atoms with Crippen LogP contribution in [0.3, 0.4) is 0 Å². The maximum atomic E-state index is 14.2. The van der Waals surface area contributed by atoms with E-state index in [1.54, 1.807) is 11.1 Å². The van der Waals surface area contributed by atoms with Crippen LogP contribution >= 0.6 is 0 Å². The molecule has 8 heteroatoms. The molecule has 4 rings (SSSR count). The number of carbonyl (C=O) groups is 1. The maximum absolute atomic E-state index is 14.2. The van der Waals surface area contributed by atoms with Gasteiger partial charge >= 0.3 is 0 Å². The number of hydrogen-bond acceptors (Lipinski definition) is 5. The summed E-state index contributed by atoms with van der Waals surface area (Å²) in [6.45, 7) is 5.70. The van der Waals surface area contributed by atoms with Crippen molar-refractivity contribution in [2.45, 2.75) is 122 Å². The number of halogens is 2. The zero-order chi connectivity index (χ0) is 33.5. The first kappa shape index (κ1) is 36.5. The number of rotatable bonds is 18. The first-order valence-corrected chi connectivity index (χ1v) is 18.1. The monoisotopic (exact) mass is 649 g/mol. The standard InChI is InChI=1S/C39H57F2N5O/c1-4-5-6-7-8-9-10-11-12-13-14-15-16-17-18-19-38(47)45-25-21-33(22-26-45)34-29-36(44(3)35-28-32(2)20-24-42-35)43-37(30-34)46-27-23-39(40,41)31-46/h8-9,11-12,20,24,28-30,33H,4-7,10,13-19,21-23,25-27,31H2,1-3H3/b9-8+,12-11-. The van der Waals surface area contributed by atoms with Crippen molar-refractivity contribution in [1.29, 1.82) is 0 Å². The van der Waals surface area contributed by atoms with Crippen LogP contribution in [0.1, 0.15) is 120 Å². The van der Waals surface area contributed by atoms with Crippen molar-refractivity contribution in [3.05, 3.63) is 65.9 Å². The number of anilines is 3. The summed E-state index contributed by atoms with van der Waals surface area (Å²) < 4.78 is 28.3. The van der Waals surface area contributed by atoms with Gasteiger partial charge in [-0.25, -0.2) is 18.7 Å². The zero-order valence-corrected chi connectivity index (χ0v) is 29.1. The Labute approximate surface area is 282 Å². The molecule has 2 aliphatic rings. The van der Waals surface area contributed by atoms with Crippen LogP contribution in [0.25, 0.3) is 0 Å². The van der Waals surface area contributed by atoms with Crippen LogP contribution in [0.5, 0.6) is 0 Å². The van der Waals surface area contributed by atoms with Crippen LogP contribution in [0.15, 0.2) is 54.8 Å². The van der Waals surface area contributed by atoms with Gasteiger partial charge in [-0.3, -0.25) is 4.79 Å². The minimum atomic E-state index is -2.70. The van der Waals surface area contributed by atoms with Crippen molar-refractivity contribution < 1.29 is 13.6 Å². The molecule has 0 aromatic carbocycles. The highest BCUT2D eigenvalue weighted by atomic mass is 19.3. The largest absolute Gasteiger partial charge is 0.350 e. The summed E-state index contributed by atoms with van der Waals surface area (Å²) in [5, 5.41) is 0. The summed E-state index contributed by atoms with van der Waals surface area (Å²) in [6.07, 6.45) is 26.1. The molecular formula is C39H57F2N5O. The molecule has 258 valence electrons. The van der Waals surface area contributed by atoms with E-state index in [0.29, 0.717) is 18.1 Å². The lowest BCUT2D eigenvalue weighted by Gasteiger charge is -2.33. The molecule has 2 aromatic rings. The summed E-state index contributed by atoms with van der Waals surface area (Å²) in [7, 11) is 1.92. The third-order valence-corrected chi connectivity index (χ3v) is 9.56. The molecule has 0 saturated carbocycles. The Balaban J connectivity index is 1.20. The van der Waals surface area contributed by atoms with E-state index in [1.165, 1.54) is 44.9 Å². The minimum absolute atomic E-state index is 0.154. The molecule has 0 radical (unpaired) electrons. The maximum Gasteiger partial charge on any atom is 0.266 e. The Morgan fingerprint density at radius 3 is 2.32 bits per heavy atom. The van der Waals surface area contributed by atoms with Crippen LogP contribution in [-0.2, 0) is 4.79 Å². The SMILES string of the molecule is CCCCC/C=C/C/C=C\CCCCCCCC(=O)N1CCC(c2cc(N3CCC(F)(F)C3)nc(N(C)c3cc(C)ccn3)c2)CC1. The van der Waals surface area contributed by atoms with Crippen molar-refractivity contribution in [3.63, 3.8) is 0 Å². The Morgan fingerprint density at radius 1 is 0.936 bits per heavy atom. The Bertz CT molecular complexity index is 1300. The van der Waals surface area contributed by atoms with E-state index in [-0.39, 0.29) is 31.3 Å². The van der Waals surface area contributed by atoms with Gasteiger partial charge in [0.25, 0.3) is 5.92 Å². The summed E-state index contributed by atoms with van der Waals surface area (Å²) in [5.74, 6) is -0.136. The lowest BCUT2D eigenvalue weighted by molar-refractivity contribution is -0.132. The van der Waals surface area contributed by atoms with E-state index in [4.69, 9.17) is 4.98 Å². The van der Waals surface area contributed by atoms with Crippen LogP contribution < -0.4 is 9.80 Å². The van der Waals surface area contributed by atoms with E-state index >= 15 is 0 Å². The molecule has 0 spiro atoms. The summed E-state index contributed by atoms with van der Waals surface area (Å²) in [6, 6.07) is 8.01. The molecule has 0 N–H and O–H groups in total. The number of allylic oxidation sites excluding steroid dienone is 4. The second-order valence-electron chi connectivity index (χ2n) is 13.5. The van der Waals surface area contributed by atoms with Gasteiger partial charge in [0.15, 0.2) is 0 Å². The number of alkyl halides is 2. The molecule has 2 aliphatic heterocycles. The highest BCUT2D eigenvalue weighted by Gasteiger charge is 2.39. The predicted octanol–water partition coefficient (Wildman–Crippen LogP) is 9.92. The van der Waals surface area contributed by atoms with Gasteiger partial charge in [-0.1, -0.05) is 63.3 Å². The van der Waals surface area contributed by atoms with E-state index in [1.807, 2.05) is 42.0 Å². The van der Waals surface area contributed by atoms with Gasteiger partial charge in [-0.05, 0) is 99.6 Å². The van der Waals surface area contributed by atoms with Crippen LogP contribution in [-0.4, -0.2) is 59.9 Å². The summed E-state index contributed by atoms with van der Waals surface area (Å²) in [5.41, 5.74) is 2.19. The number of aromatic nitrogens is 2. The van der Waals surface area contributed by atoms with Crippen molar-refractivity contribution in [2.75, 3.05) is 43.0 Å². The second kappa shape index (κ2) is 18.9. The Morgan fingerprint density at radius 2 is 1.64 bits per heavy atom. The van der Waals surface area contributed by atoms with Gasteiger partial charge in [-0.15, -0.1) is 0 Å². The first-order chi connectivity index (χ1) is 22.8. The zero-order valence-electron chi connectivity index (χ0n) is 29.1. The number of aryl methyl sites for hydroxylation is 1. The van der Waals surface area contributed by atoms with Crippen molar-refractivity contribution >= 4 is 23.4 Å². The Kier molecular flexibility index (Phi) is 14.7. The van der Waals surface area contributed by atoms with Gasteiger partial charge in [-0.2, -0.15) is 0 Å². The molecule has 0 bridgehead atoms. The number of hydrogen-bond donors (Lipinski definition) is 0. The number of carbonyl (C=O) groups excluding carboxylic acids is 1. The van der Waals surface area contributed by atoms with Crippen molar-refractivity contribution in [2.24, 2.45) is 0 Å². The second-order valence-corrected chi connectivity index (χ2v) is 13.5. The van der Waals surface area contributed by atoms with E-state index < -0.39 is 5.92 Å². The third-order valence-electron chi connectivity index (χ3n) is 9.56. The number of amides is 1. The number of piperidine rings is 1. The van der Waals surface area contributed by atoms with Crippen molar-refractivity contribution in [1.82, 2.24) is 14.9 Å². The first-order valence-electron chi connectivity index (χ1n) is 18.1. The quantitative estimate of drug-likeness (QED) is 0.119. The molecule has 2 aromatic heterocycles. The lowest BCUT2D eigenvalue weighted by atomic mass is 9.89. The number of unbranched alkanes of at least 4 members (excludes halogenated alkanes) is 8. The molecule has 6 nitrogen and oxygen atoms in total. The fraction of sp³-hybridized carbons (Fsp3) is 0.615. The number of nitrogens with zero attached hydrogens (tertiary/aromatic N) is 5. The third kappa shape index (κ3) is 12.0. The van der Waals surface area contributed by atoms with Gasteiger partial charge < -0.3 is 14.7 Å². The van der Waals surface area contributed by atoms with Gasteiger partial charge in [0.1, 0.15) is 17.5 Å². The van der Waals surface area contributed by atoms with Gasteiger partial charge in [0.2, 0.25) is 5.91 Å². The van der Waals surface area contributed by atoms with E-state index in [2.05, 4.69) is 42.3 Å². The average Bonchev–Trinajstić information content (AvgIpc) is 3.45. The number of likely N-dealkylation sites (tertiary alicyclic amines) is 1. The highest BCUT2D eigenvalue weighted by molar-refractivity contribution is 5.76. The normalized spacial score (nSPS) is 17.0. The fourth-order valence-electron chi connectivity index (χ4n) is 6.55. The molecule has 1 amide bonds. The number of pyridine rings is 2. The molecule has 2 saturated heterocycles. The molecule has 0 aliphatic carbocycles. The average molecular weight is 650 g/mol. The molecule has 0 unspecified atom stereocenters. The molecular weight excluding hydrogens is 592 g/mol. The Hall–Kier alpha value is -3.29. The smallest absolute Gasteiger partial charge is 0.266 e. The fourth-order valence-corrected chi connectivity index (χ4v) is 6.55. The molecule has 0 atom stereocenters. The molecule has 2 fully saturated rings. The van der Waals surface area contributed by atoms with Crippen LogP contribution in [0.4, 0.5) is 26.2 Å². The summed E-state index contributed by atoms with van der Waals surface area (Å²) in [4.78, 5) is 28.0. The van der Waals surface area contributed by atoms with E-state index in [0.717, 1.165) is 68.6 Å².